The van der Waals surface area contributed by atoms with Gasteiger partial charge in [-0.2, -0.15) is 0 Å². The van der Waals surface area contributed by atoms with Crippen LogP contribution in [0.3, 0.4) is 0 Å². The average Bonchev–Trinajstić information content (AvgIpc) is 2.30. The van der Waals surface area contributed by atoms with Gasteiger partial charge in [0, 0.05) is 13.0 Å². The van der Waals surface area contributed by atoms with Crippen molar-refractivity contribution >= 4 is 23.8 Å². The van der Waals surface area contributed by atoms with E-state index >= 15 is 0 Å². The Labute approximate surface area is 109 Å². The number of hydrogen-bond donors (Lipinski definition) is 4. The van der Waals surface area contributed by atoms with E-state index in [4.69, 9.17) is 5.11 Å². The Balaban J connectivity index is 2.42. The number of amides is 4. The number of carboxylic acids is 1. The second kappa shape index (κ2) is 5.68. The summed E-state index contributed by atoms with van der Waals surface area (Å²) in [4.78, 5) is 44.7. The van der Waals surface area contributed by atoms with Gasteiger partial charge in [0.2, 0.25) is 11.8 Å². The summed E-state index contributed by atoms with van der Waals surface area (Å²) < 4.78 is 0. The van der Waals surface area contributed by atoms with Crippen molar-refractivity contribution in [3.05, 3.63) is 0 Å². The number of hydrogen-bond acceptors (Lipinski definition) is 4. The van der Waals surface area contributed by atoms with Gasteiger partial charge < -0.3 is 15.7 Å². The van der Waals surface area contributed by atoms with Crippen LogP contribution in [-0.4, -0.2) is 41.5 Å². The first-order valence-corrected chi connectivity index (χ1v) is 5.84. The Morgan fingerprint density at radius 1 is 1.42 bits per heavy atom. The molecule has 8 heteroatoms. The van der Waals surface area contributed by atoms with Gasteiger partial charge in [0.25, 0.3) is 0 Å². The third kappa shape index (κ3) is 4.23. The Kier molecular flexibility index (Phi) is 4.47. The molecule has 4 amide bonds. The highest BCUT2D eigenvalue weighted by atomic mass is 16.4. The van der Waals surface area contributed by atoms with E-state index in [1.807, 2.05) is 0 Å². The van der Waals surface area contributed by atoms with Gasteiger partial charge in [-0.1, -0.05) is 0 Å². The monoisotopic (exact) mass is 271 g/mol. The molecule has 1 heterocycles. The standard InChI is InChI=1S/C11H17N3O5/c1-11(2,9(17)18)5-12-10(19)13-6-3-4-7(15)14-8(6)16/h6H,3-5H2,1-2H3,(H,17,18)(H2,12,13,19)(H,14,15,16). The molecule has 106 valence electrons. The fourth-order valence-electron chi connectivity index (χ4n) is 1.42. The molecule has 1 unspecified atom stereocenters. The van der Waals surface area contributed by atoms with Crippen molar-refractivity contribution < 1.29 is 24.3 Å². The molecule has 0 aromatic rings. The minimum absolute atomic E-state index is 0.0680. The molecule has 1 rings (SSSR count). The van der Waals surface area contributed by atoms with E-state index in [-0.39, 0.29) is 25.3 Å². The number of piperidine rings is 1. The summed E-state index contributed by atoms with van der Waals surface area (Å²) in [5, 5.41) is 15.8. The third-order valence-corrected chi connectivity index (χ3v) is 2.81. The van der Waals surface area contributed by atoms with Crippen LogP contribution in [0.4, 0.5) is 4.79 Å². The molecule has 0 bridgehead atoms. The molecule has 8 nitrogen and oxygen atoms in total. The summed E-state index contributed by atoms with van der Waals surface area (Å²) in [5.74, 6) is -1.95. The van der Waals surface area contributed by atoms with Gasteiger partial charge >= 0.3 is 12.0 Å². The molecule has 19 heavy (non-hydrogen) atoms. The maximum atomic E-state index is 11.5. The van der Waals surface area contributed by atoms with Crippen molar-refractivity contribution in [2.75, 3.05) is 6.54 Å². The molecule has 1 atom stereocenters. The largest absolute Gasteiger partial charge is 0.481 e. The maximum Gasteiger partial charge on any atom is 0.315 e. The van der Waals surface area contributed by atoms with Crippen LogP contribution in [0.5, 0.6) is 0 Å². The minimum Gasteiger partial charge on any atom is -0.481 e. The van der Waals surface area contributed by atoms with E-state index in [1.54, 1.807) is 0 Å². The van der Waals surface area contributed by atoms with Gasteiger partial charge in [-0.3, -0.25) is 19.7 Å². The summed E-state index contributed by atoms with van der Waals surface area (Å²) in [5.41, 5.74) is -1.10. The molecule has 1 aliphatic heterocycles. The fourth-order valence-corrected chi connectivity index (χ4v) is 1.42. The van der Waals surface area contributed by atoms with Gasteiger partial charge in [-0.05, 0) is 20.3 Å². The normalized spacial score (nSPS) is 19.6. The predicted molar refractivity (Wildman–Crippen MR) is 64.1 cm³/mol. The summed E-state index contributed by atoms with van der Waals surface area (Å²) >= 11 is 0. The van der Waals surface area contributed by atoms with E-state index < -0.39 is 29.4 Å². The number of carbonyl (C=O) groups is 4. The summed E-state index contributed by atoms with van der Waals surface area (Å²) in [7, 11) is 0. The van der Waals surface area contributed by atoms with Crippen LogP contribution in [0, 0.1) is 5.41 Å². The minimum atomic E-state index is -1.10. The van der Waals surface area contributed by atoms with E-state index in [9.17, 15) is 19.2 Å². The van der Waals surface area contributed by atoms with Gasteiger partial charge in [-0.25, -0.2) is 4.79 Å². The zero-order chi connectivity index (χ0) is 14.6. The number of aliphatic carboxylic acids is 1. The maximum absolute atomic E-state index is 11.5. The van der Waals surface area contributed by atoms with E-state index in [2.05, 4.69) is 16.0 Å². The number of carbonyl (C=O) groups excluding carboxylic acids is 3. The Morgan fingerprint density at radius 3 is 2.58 bits per heavy atom. The smallest absolute Gasteiger partial charge is 0.315 e. The number of carboxylic acid groups (broad SMARTS) is 1. The van der Waals surface area contributed by atoms with Crippen molar-refractivity contribution in [1.82, 2.24) is 16.0 Å². The molecule has 0 aromatic heterocycles. The molecule has 0 spiro atoms. The highest BCUT2D eigenvalue weighted by Gasteiger charge is 2.30. The van der Waals surface area contributed by atoms with Gasteiger partial charge in [-0.15, -0.1) is 0 Å². The van der Waals surface area contributed by atoms with Crippen LogP contribution < -0.4 is 16.0 Å². The second-order valence-electron chi connectivity index (χ2n) is 5.02. The van der Waals surface area contributed by atoms with Gasteiger partial charge in [0.15, 0.2) is 0 Å². The Bertz CT molecular complexity index is 419. The predicted octanol–water partition coefficient (Wildman–Crippen LogP) is -0.798. The number of urea groups is 1. The molecule has 1 saturated heterocycles. The lowest BCUT2D eigenvalue weighted by molar-refractivity contribution is -0.146. The highest BCUT2D eigenvalue weighted by molar-refractivity contribution is 6.01. The summed E-state index contributed by atoms with van der Waals surface area (Å²) in [6.45, 7) is 2.88. The van der Waals surface area contributed by atoms with E-state index in [0.29, 0.717) is 0 Å². The highest BCUT2D eigenvalue weighted by Crippen LogP contribution is 2.13. The first-order chi connectivity index (χ1) is 8.72. The SMILES string of the molecule is CC(C)(CNC(=O)NC1CCC(=O)NC1=O)C(=O)O. The number of rotatable bonds is 4. The molecular weight excluding hydrogens is 254 g/mol. The van der Waals surface area contributed by atoms with Gasteiger partial charge in [0.05, 0.1) is 5.41 Å². The number of imide groups is 1. The Morgan fingerprint density at radius 2 is 2.05 bits per heavy atom. The molecule has 0 aromatic carbocycles. The van der Waals surface area contributed by atoms with Crippen LogP contribution in [0.15, 0.2) is 0 Å². The lowest BCUT2D eigenvalue weighted by Gasteiger charge is -2.24. The van der Waals surface area contributed by atoms with Crippen LogP contribution in [0.1, 0.15) is 26.7 Å². The second-order valence-corrected chi connectivity index (χ2v) is 5.02. The van der Waals surface area contributed by atoms with Crippen LogP contribution in [0.2, 0.25) is 0 Å². The van der Waals surface area contributed by atoms with Crippen LogP contribution in [0.25, 0.3) is 0 Å². The third-order valence-electron chi connectivity index (χ3n) is 2.81. The lowest BCUT2D eigenvalue weighted by atomic mass is 9.94. The van der Waals surface area contributed by atoms with Crippen LogP contribution in [-0.2, 0) is 14.4 Å². The summed E-state index contributed by atoms with van der Waals surface area (Å²) in [6.07, 6.45) is 0.401. The average molecular weight is 271 g/mol. The molecular formula is C11H17N3O5. The van der Waals surface area contributed by atoms with Crippen molar-refractivity contribution in [2.24, 2.45) is 5.41 Å². The zero-order valence-corrected chi connectivity index (χ0v) is 10.8. The topological polar surface area (TPSA) is 125 Å². The van der Waals surface area contributed by atoms with Crippen molar-refractivity contribution in [3.63, 3.8) is 0 Å². The quantitative estimate of drug-likeness (QED) is 0.498. The molecule has 1 fully saturated rings. The summed E-state index contributed by atoms with van der Waals surface area (Å²) in [6, 6.07) is -1.41. The van der Waals surface area contributed by atoms with E-state index in [0.717, 1.165) is 0 Å². The molecule has 1 aliphatic rings. The molecule has 0 aliphatic carbocycles. The van der Waals surface area contributed by atoms with Gasteiger partial charge in [0.1, 0.15) is 6.04 Å². The number of nitrogens with one attached hydrogen (secondary N) is 3. The van der Waals surface area contributed by atoms with Crippen molar-refractivity contribution in [1.29, 1.82) is 0 Å². The molecule has 4 N–H and O–H groups in total. The first kappa shape index (κ1) is 14.9. The van der Waals surface area contributed by atoms with E-state index in [1.165, 1.54) is 13.8 Å². The van der Waals surface area contributed by atoms with Crippen LogP contribution >= 0.6 is 0 Å². The zero-order valence-electron chi connectivity index (χ0n) is 10.8. The molecule has 0 saturated carbocycles. The fraction of sp³-hybridized carbons (Fsp3) is 0.636. The first-order valence-electron chi connectivity index (χ1n) is 5.84. The van der Waals surface area contributed by atoms with Crippen molar-refractivity contribution in [2.45, 2.75) is 32.7 Å². The Hall–Kier alpha value is -2.12. The molecule has 0 radical (unpaired) electrons. The van der Waals surface area contributed by atoms with Crippen molar-refractivity contribution in [3.8, 4) is 0 Å². The lowest BCUT2D eigenvalue weighted by Crippen LogP contribution is -2.55.